The molecule has 1 aliphatic rings. The van der Waals surface area contributed by atoms with E-state index in [2.05, 4.69) is 91.9 Å². The van der Waals surface area contributed by atoms with Crippen LogP contribution in [0.1, 0.15) is 23.6 Å². The normalized spacial score (nSPS) is 16.8. The van der Waals surface area contributed by atoms with Crippen molar-refractivity contribution in [3.63, 3.8) is 0 Å². The monoisotopic (exact) mass is 344 g/mol. The van der Waals surface area contributed by atoms with Gasteiger partial charge in [0.2, 0.25) is 0 Å². The Hall–Kier alpha value is -3.12. The van der Waals surface area contributed by atoms with Crippen LogP contribution in [-0.2, 0) is 6.42 Å². The van der Waals surface area contributed by atoms with Gasteiger partial charge >= 0.3 is 0 Å². The minimum atomic E-state index is 0.563. The number of allylic oxidation sites excluding steroid dienone is 1. The fraction of sp³-hybridized carbons (Fsp3) is 0.111. The lowest BCUT2D eigenvalue weighted by Crippen LogP contribution is -2.08. The Bertz CT molecular complexity index is 1340. The summed E-state index contributed by atoms with van der Waals surface area (Å²) in [6.45, 7) is 2.33. The second-order valence-corrected chi connectivity index (χ2v) is 7.89. The third-order valence-electron chi connectivity index (χ3n) is 6.12. The van der Waals surface area contributed by atoms with Crippen molar-refractivity contribution in [2.45, 2.75) is 13.3 Å². The Balaban J connectivity index is 1.74. The lowest BCUT2D eigenvalue weighted by Gasteiger charge is -2.24. The number of hydrogen-bond acceptors (Lipinski definition) is 0. The van der Waals surface area contributed by atoms with Crippen LogP contribution >= 0.6 is 0 Å². The van der Waals surface area contributed by atoms with E-state index in [9.17, 15) is 0 Å². The standard InChI is InChI=1S/C27H20/c1-17-15-21-5-2-3-8-22(21)25(16-17)23-13-11-20-10-9-18-6-4-7-19-12-14-24(23)27(20)26(18)19/h2-14,16-17H,15H2,1H3. The van der Waals surface area contributed by atoms with E-state index in [1.807, 2.05) is 0 Å². The van der Waals surface area contributed by atoms with Gasteiger partial charge in [0.25, 0.3) is 0 Å². The van der Waals surface area contributed by atoms with Crippen molar-refractivity contribution in [2.24, 2.45) is 5.92 Å². The molecule has 6 rings (SSSR count). The van der Waals surface area contributed by atoms with E-state index in [4.69, 9.17) is 0 Å². The van der Waals surface area contributed by atoms with E-state index in [0.717, 1.165) is 6.42 Å². The molecular weight excluding hydrogens is 324 g/mol. The zero-order valence-corrected chi connectivity index (χ0v) is 15.4. The second kappa shape index (κ2) is 5.44. The Morgan fingerprint density at radius 2 is 1.33 bits per heavy atom. The van der Waals surface area contributed by atoms with Crippen molar-refractivity contribution in [1.82, 2.24) is 0 Å². The van der Waals surface area contributed by atoms with Crippen LogP contribution in [0, 0.1) is 5.92 Å². The van der Waals surface area contributed by atoms with Crippen molar-refractivity contribution in [3.8, 4) is 0 Å². The third-order valence-corrected chi connectivity index (χ3v) is 6.12. The summed E-state index contributed by atoms with van der Waals surface area (Å²) in [4.78, 5) is 0. The first-order chi connectivity index (χ1) is 13.3. The van der Waals surface area contributed by atoms with Gasteiger partial charge in [-0.05, 0) is 66.9 Å². The molecular formula is C27H20. The van der Waals surface area contributed by atoms with E-state index >= 15 is 0 Å². The SMILES string of the molecule is CC1C=C(c2ccc3ccc4cccc5ccc2c3c45)c2ccccc2C1. The first-order valence-corrected chi connectivity index (χ1v) is 9.76. The summed E-state index contributed by atoms with van der Waals surface area (Å²) in [5.74, 6) is 0.563. The zero-order valence-electron chi connectivity index (χ0n) is 15.4. The lowest BCUT2D eigenvalue weighted by atomic mass is 9.80. The molecule has 1 unspecified atom stereocenters. The van der Waals surface area contributed by atoms with E-state index < -0.39 is 0 Å². The fourth-order valence-corrected chi connectivity index (χ4v) is 4.95. The van der Waals surface area contributed by atoms with Gasteiger partial charge in [0.1, 0.15) is 0 Å². The van der Waals surface area contributed by atoms with E-state index in [1.54, 1.807) is 0 Å². The first-order valence-electron chi connectivity index (χ1n) is 9.76. The fourth-order valence-electron chi connectivity index (χ4n) is 4.95. The molecule has 0 bridgehead atoms. The third kappa shape index (κ3) is 2.10. The average molecular weight is 344 g/mol. The number of rotatable bonds is 1. The number of benzene rings is 5. The summed E-state index contributed by atoms with van der Waals surface area (Å²) in [7, 11) is 0. The van der Waals surface area contributed by atoms with Crippen molar-refractivity contribution in [1.29, 1.82) is 0 Å². The van der Waals surface area contributed by atoms with E-state index in [1.165, 1.54) is 54.6 Å². The van der Waals surface area contributed by atoms with Crippen molar-refractivity contribution in [2.75, 3.05) is 0 Å². The van der Waals surface area contributed by atoms with Crippen LogP contribution in [-0.4, -0.2) is 0 Å². The molecule has 0 amide bonds. The molecule has 0 heteroatoms. The summed E-state index contributed by atoms with van der Waals surface area (Å²) in [6.07, 6.45) is 3.60. The predicted molar refractivity (Wildman–Crippen MR) is 117 cm³/mol. The predicted octanol–water partition coefficient (Wildman–Crippen LogP) is 7.21. The smallest absolute Gasteiger partial charge is 0.00206 e. The lowest BCUT2D eigenvalue weighted by molar-refractivity contribution is 0.714. The number of hydrogen-bond donors (Lipinski definition) is 0. The Kier molecular flexibility index (Phi) is 3.02. The topological polar surface area (TPSA) is 0 Å². The average Bonchev–Trinajstić information content (AvgIpc) is 2.71. The maximum absolute atomic E-state index is 2.47. The van der Waals surface area contributed by atoms with Gasteiger partial charge in [-0.3, -0.25) is 0 Å². The summed E-state index contributed by atoms with van der Waals surface area (Å²) >= 11 is 0. The van der Waals surface area contributed by atoms with Gasteiger partial charge < -0.3 is 0 Å². The highest BCUT2D eigenvalue weighted by atomic mass is 14.2. The molecule has 0 saturated carbocycles. The summed E-state index contributed by atoms with van der Waals surface area (Å²) in [6, 6.07) is 29.3. The molecule has 1 atom stereocenters. The Labute approximate surface area is 159 Å². The molecule has 0 aromatic heterocycles. The summed E-state index contributed by atoms with van der Waals surface area (Å²) in [5.41, 5.74) is 5.61. The van der Waals surface area contributed by atoms with Gasteiger partial charge in [0, 0.05) is 0 Å². The molecule has 0 radical (unpaired) electrons. The summed E-state index contributed by atoms with van der Waals surface area (Å²) < 4.78 is 0. The van der Waals surface area contributed by atoms with Gasteiger partial charge in [0.05, 0.1) is 0 Å². The van der Waals surface area contributed by atoms with E-state index in [0.29, 0.717) is 5.92 Å². The zero-order chi connectivity index (χ0) is 18.0. The molecule has 0 saturated heterocycles. The Morgan fingerprint density at radius 3 is 2.19 bits per heavy atom. The van der Waals surface area contributed by atoms with Crippen LogP contribution in [0.15, 0.2) is 84.9 Å². The largest absolute Gasteiger partial charge is 0.0729 e. The van der Waals surface area contributed by atoms with Gasteiger partial charge in [-0.1, -0.05) is 91.9 Å². The highest BCUT2D eigenvalue weighted by Gasteiger charge is 2.20. The molecule has 5 aromatic rings. The number of fused-ring (bicyclic) bond motifs is 1. The highest BCUT2D eigenvalue weighted by molar-refractivity contribution is 6.24. The maximum atomic E-state index is 2.47. The molecule has 5 aromatic carbocycles. The maximum Gasteiger partial charge on any atom is -0.00206 e. The van der Waals surface area contributed by atoms with Crippen LogP contribution in [0.25, 0.3) is 37.9 Å². The minimum absolute atomic E-state index is 0.563. The molecule has 0 heterocycles. The van der Waals surface area contributed by atoms with Crippen molar-refractivity contribution < 1.29 is 0 Å². The van der Waals surface area contributed by atoms with Crippen LogP contribution in [0.5, 0.6) is 0 Å². The van der Waals surface area contributed by atoms with E-state index in [-0.39, 0.29) is 0 Å². The molecule has 0 fully saturated rings. The van der Waals surface area contributed by atoms with Gasteiger partial charge in [-0.15, -0.1) is 0 Å². The van der Waals surface area contributed by atoms with Gasteiger partial charge in [-0.2, -0.15) is 0 Å². The highest BCUT2D eigenvalue weighted by Crippen LogP contribution is 2.41. The molecule has 1 aliphatic carbocycles. The molecule has 128 valence electrons. The first kappa shape index (κ1) is 15.0. The molecule has 27 heavy (non-hydrogen) atoms. The minimum Gasteiger partial charge on any atom is -0.0729 e. The van der Waals surface area contributed by atoms with Crippen LogP contribution < -0.4 is 0 Å². The van der Waals surface area contributed by atoms with Gasteiger partial charge in [-0.25, -0.2) is 0 Å². The van der Waals surface area contributed by atoms with Crippen molar-refractivity contribution in [3.05, 3.63) is 102 Å². The second-order valence-electron chi connectivity index (χ2n) is 7.89. The van der Waals surface area contributed by atoms with Crippen LogP contribution in [0.4, 0.5) is 0 Å². The van der Waals surface area contributed by atoms with Gasteiger partial charge in [0.15, 0.2) is 0 Å². The quantitative estimate of drug-likeness (QED) is 0.282. The Morgan fingerprint density at radius 1 is 0.630 bits per heavy atom. The molecule has 0 aliphatic heterocycles. The molecule has 0 N–H and O–H groups in total. The molecule has 0 nitrogen and oxygen atoms in total. The van der Waals surface area contributed by atoms with Crippen molar-refractivity contribution >= 4 is 37.9 Å². The summed E-state index contributed by atoms with van der Waals surface area (Å²) in [5, 5.41) is 8.15. The molecule has 0 spiro atoms. The van der Waals surface area contributed by atoms with Crippen LogP contribution in [0.3, 0.4) is 0 Å². The van der Waals surface area contributed by atoms with Crippen LogP contribution in [0.2, 0.25) is 0 Å².